The van der Waals surface area contributed by atoms with Crippen molar-refractivity contribution in [2.75, 3.05) is 5.32 Å². The van der Waals surface area contributed by atoms with E-state index in [9.17, 15) is 4.79 Å². The number of amides is 1. The van der Waals surface area contributed by atoms with Crippen molar-refractivity contribution in [3.8, 4) is 0 Å². The fraction of sp³-hybridized carbons (Fsp3) is 0.632. The fourth-order valence-corrected chi connectivity index (χ4v) is 3.67. The Morgan fingerprint density at radius 3 is 2.15 bits per heavy atom. The average Bonchev–Trinajstić information content (AvgIpc) is 3.02. The monoisotopic (exact) mass is 363 g/mol. The van der Waals surface area contributed by atoms with Crippen molar-refractivity contribution in [3.63, 3.8) is 0 Å². The number of fused-ring (bicyclic) bond motifs is 3. The molecule has 0 spiro atoms. The lowest BCUT2D eigenvalue weighted by Crippen LogP contribution is -2.58. The topological polar surface area (TPSA) is 75.3 Å². The van der Waals surface area contributed by atoms with Crippen molar-refractivity contribution < 1.29 is 28.5 Å². The van der Waals surface area contributed by atoms with E-state index in [2.05, 4.69) is 5.32 Å². The number of nitrogens with one attached hydrogen (secondary N) is 1. The Balaban J connectivity index is 1.57. The molecule has 1 aromatic carbocycles. The van der Waals surface area contributed by atoms with Gasteiger partial charge in [0.1, 0.15) is 18.3 Å². The lowest BCUT2D eigenvalue weighted by atomic mass is 9.98. The zero-order valence-electron chi connectivity index (χ0n) is 15.6. The molecule has 5 atom stereocenters. The summed E-state index contributed by atoms with van der Waals surface area (Å²) >= 11 is 0. The highest BCUT2D eigenvalue weighted by Gasteiger charge is 2.62. The molecule has 1 N–H and O–H groups in total. The van der Waals surface area contributed by atoms with Gasteiger partial charge in [0.2, 0.25) is 0 Å². The molecule has 7 heteroatoms. The molecule has 26 heavy (non-hydrogen) atoms. The molecule has 4 rings (SSSR count). The van der Waals surface area contributed by atoms with Gasteiger partial charge in [0.05, 0.1) is 0 Å². The molecule has 0 unspecified atom stereocenters. The molecule has 1 amide bonds. The van der Waals surface area contributed by atoms with Gasteiger partial charge in [-0.3, -0.25) is 4.79 Å². The van der Waals surface area contributed by atoms with Gasteiger partial charge in [-0.2, -0.15) is 0 Å². The van der Waals surface area contributed by atoms with Crippen LogP contribution in [-0.4, -0.2) is 48.2 Å². The summed E-state index contributed by atoms with van der Waals surface area (Å²) in [7, 11) is 0. The summed E-state index contributed by atoms with van der Waals surface area (Å²) in [6.07, 6.45) is -3.01. The summed E-state index contributed by atoms with van der Waals surface area (Å²) < 4.78 is 29.7. The lowest BCUT2D eigenvalue weighted by molar-refractivity contribution is -0.229. The number of rotatable bonds is 2. The summed E-state index contributed by atoms with van der Waals surface area (Å²) in [5, 5.41) is 2.88. The molecule has 3 heterocycles. The number of hydrogen-bond donors (Lipinski definition) is 1. The van der Waals surface area contributed by atoms with E-state index in [1.54, 1.807) is 0 Å². The minimum Gasteiger partial charge on any atom is -0.342 e. The van der Waals surface area contributed by atoms with Crippen molar-refractivity contribution in [3.05, 3.63) is 29.8 Å². The number of ether oxygens (including phenoxy) is 5. The minimum absolute atomic E-state index is 0.295. The van der Waals surface area contributed by atoms with Gasteiger partial charge in [-0.25, -0.2) is 0 Å². The maximum absolute atomic E-state index is 12.9. The van der Waals surface area contributed by atoms with Crippen LogP contribution < -0.4 is 5.32 Å². The fourth-order valence-electron chi connectivity index (χ4n) is 3.67. The molecule has 0 saturated carbocycles. The average molecular weight is 363 g/mol. The van der Waals surface area contributed by atoms with E-state index in [-0.39, 0.29) is 5.91 Å². The summed E-state index contributed by atoms with van der Waals surface area (Å²) in [4.78, 5) is 12.9. The Kier molecular flexibility index (Phi) is 4.13. The molecule has 3 aliphatic rings. The van der Waals surface area contributed by atoms with Crippen LogP contribution >= 0.6 is 0 Å². The highest BCUT2D eigenvalue weighted by Crippen LogP contribution is 2.44. The van der Waals surface area contributed by atoms with Crippen LogP contribution in [0.15, 0.2) is 24.3 Å². The molecule has 0 radical (unpaired) electrons. The zero-order chi connectivity index (χ0) is 18.7. The second-order valence-corrected chi connectivity index (χ2v) is 7.95. The Hall–Kier alpha value is -1.51. The first-order chi connectivity index (χ1) is 12.1. The number of carbonyl (C=O) groups is 1. The van der Waals surface area contributed by atoms with Crippen LogP contribution in [0, 0.1) is 6.92 Å². The van der Waals surface area contributed by atoms with Crippen molar-refractivity contribution in [2.24, 2.45) is 0 Å². The van der Waals surface area contributed by atoms with Gasteiger partial charge in [0, 0.05) is 5.69 Å². The third kappa shape index (κ3) is 3.25. The van der Waals surface area contributed by atoms with Gasteiger partial charge in [0.25, 0.3) is 5.91 Å². The first-order valence-corrected chi connectivity index (χ1v) is 8.88. The summed E-state index contributed by atoms with van der Waals surface area (Å²) in [5.74, 6) is -1.93. The Morgan fingerprint density at radius 1 is 0.885 bits per heavy atom. The van der Waals surface area contributed by atoms with Gasteiger partial charge in [-0.1, -0.05) is 17.7 Å². The zero-order valence-corrected chi connectivity index (χ0v) is 15.6. The highest BCUT2D eigenvalue weighted by atomic mass is 16.9. The number of benzene rings is 1. The van der Waals surface area contributed by atoms with Crippen LogP contribution in [0.25, 0.3) is 0 Å². The van der Waals surface area contributed by atoms with E-state index in [4.69, 9.17) is 23.7 Å². The van der Waals surface area contributed by atoms with Crippen LogP contribution in [0.5, 0.6) is 0 Å². The van der Waals surface area contributed by atoms with Crippen molar-refractivity contribution in [1.82, 2.24) is 0 Å². The SMILES string of the molecule is Cc1ccc(NC(=O)[C@H]2O[C@@H]3OC(C)(C)O[C@@H]3[C@H]3OC(C)(C)O[C@H]32)cc1. The molecule has 0 aromatic heterocycles. The lowest BCUT2D eigenvalue weighted by Gasteiger charge is -2.36. The van der Waals surface area contributed by atoms with Gasteiger partial charge in [-0.15, -0.1) is 0 Å². The van der Waals surface area contributed by atoms with E-state index >= 15 is 0 Å². The molecular formula is C19H25NO6. The molecule has 0 bridgehead atoms. The Morgan fingerprint density at radius 2 is 1.46 bits per heavy atom. The quantitative estimate of drug-likeness (QED) is 0.869. The maximum Gasteiger partial charge on any atom is 0.256 e. The summed E-state index contributed by atoms with van der Waals surface area (Å²) in [6, 6.07) is 7.57. The number of hydrogen-bond acceptors (Lipinski definition) is 6. The van der Waals surface area contributed by atoms with Crippen molar-refractivity contribution in [2.45, 2.75) is 76.9 Å². The number of aryl methyl sites for hydroxylation is 1. The maximum atomic E-state index is 12.9. The Labute approximate surface area is 152 Å². The van der Waals surface area contributed by atoms with Crippen LogP contribution in [0.3, 0.4) is 0 Å². The molecule has 7 nitrogen and oxygen atoms in total. The van der Waals surface area contributed by atoms with E-state index in [0.29, 0.717) is 5.69 Å². The summed E-state index contributed by atoms with van der Waals surface area (Å²) in [5.41, 5.74) is 1.82. The van der Waals surface area contributed by atoms with Crippen molar-refractivity contribution in [1.29, 1.82) is 0 Å². The summed E-state index contributed by atoms with van der Waals surface area (Å²) in [6.45, 7) is 9.25. The van der Waals surface area contributed by atoms with Gasteiger partial charge < -0.3 is 29.0 Å². The van der Waals surface area contributed by atoms with Crippen LogP contribution in [0.1, 0.15) is 33.3 Å². The molecule has 3 fully saturated rings. The smallest absolute Gasteiger partial charge is 0.256 e. The third-order valence-electron chi connectivity index (χ3n) is 4.73. The second-order valence-electron chi connectivity index (χ2n) is 7.95. The van der Waals surface area contributed by atoms with E-state index in [1.165, 1.54) is 0 Å². The normalized spacial score (nSPS) is 37.0. The Bertz CT molecular complexity index is 700. The van der Waals surface area contributed by atoms with Crippen LogP contribution in [0.4, 0.5) is 5.69 Å². The predicted molar refractivity (Wildman–Crippen MR) is 92.3 cm³/mol. The molecule has 3 aliphatic heterocycles. The second kappa shape index (κ2) is 6.00. The van der Waals surface area contributed by atoms with Crippen molar-refractivity contribution >= 4 is 11.6 Å². The molecular weight excluding hydrogens is 338 g/mol. The van der Waals surface area contributed by atoms with Gasteiger partial charge in [0.15, 0.2) is 24.0 Å². The molecule has 3 saturated heterocycles. The number of carbonyl (C=O) groups excluding carboxylic acids is 1. The van der Waals surface area contributed by atoms with Crippen LogP contribution in [0.2, 0.25) is 0 Å². The highest BCUT2D eigenvalue weighted by molar-refractivity contribution is 5.94. The third-order valence-corrected chi connectivity index (χ3v) is 4.73. The van der Waals surface area contributed by atoms with Gasteiger partial charge >= 0.3 is 0 Å². The predicted octanol–water partition coefficient (Wildman–Crippen LogP) is 2.33. The standard InChI is InChI=1S/C19H25NO6/c1-10-6-8-11(9-7-10)20-16(21)14-12-13(24-18(2,3)23-12)15-17(22-14)26-19(4,5)25-15/h6-9,12-15,17H,1-5H3,(H,20,21)/t12-,13+,14+,15-,17-/m1/s1. The van der Waals surface area contributed by atoms with E-state index in [0.717, 1.165) is 5.56 Å². The first-order valence-electron chi connectivity index (χ1n) is 8.88. The minimum atomic E-state index is -0.859. The first kappa shape index (κ1) is 17.9. The number of anilines is 1. The largest absolute Gasteiger partial charge is 0.342 e. The van der Waals surface area contributed by atoms with Gasteiger partial charge in [-0.05, 0) is 46.8 Å². The van der Waals surface area contributed by atoms with E-state index in [1.807, 2.05) is 58.9 Å². The molecule has 0 aliphatic carbocycles. The van der Waals surface area contributed by atoms with Crippen LogP contribution in [-0.2, 0) is 28.5 Å². The van der Waals surface area contributed by atoms with E-state index < -0.39 is 42.3 Å². The molecule has 142 valence electrons. The molecule has 1 aromatic rings.